The van der Waals surface area contributed by atoms with Crippen LogP contribution < -0.4 is 11.1 Å². The highest BCUT2D eigenvalue weighted by Crippen LogP contribution is 2.08. The first kappa shape index (κ1) is 8.00. The van der Waals surface area contributed by atoms with Crippen LogP contribution in [0.4, 0.5) is 0 Å². The van der Waals surface area contributed by atoms with Crippen LogP contribution in [0.1, 0.15) is 0 Å². The Bertz CT molecular complexity index is 192. The fraction of sp³-hybridized carbons (Fsp3) is 0.667. The van der Waals surface area contributed by atoms with Crippen molar-refractivity contribution in [2.45, 2.75) is 6.04 Å². The minimum atomic E-state index is -0.748. The lowest BCUT2D eigenvalue weighted by Crippen LogP contribution is -2.37. The first-order valence-electron chi connectivity index (χ1n) is 3.28. The highest BCUT2D eigenvalue weighted by molar-refractivity contribution is 5.91. The lowest BCUT2D eigenvalue weighted by atomic mass is 10.1. The van der Waals surface area contributed by atoms with Crippen LogP contribution in [0, 0.1) is 5.92 Å². The van der Waals surface area contributed by atoms with Crippen LogP contribution in [0.15, 0.2) is 0 Å². The third-order valence-electron chi connectivity index (χ3n) is 1.74. The van der Waals surface area contributed by atoms with Gasteiger partial charge in [0.2, 0.25) is 5.91 Å². The fourth-order valence-corrected chi connectivity index (χ4v) is 1.02. The summed E-state index contributed by atoms with van der Waals surface area (Å²) in [6, 6.07) is -0.748. The van der Waals surface area contributed by atoms with Crippen molar-refractivity contribution < 1.29 is 14.3 Å². The largest absolute Gasteiger partial charge is 0.469 e. The predicted octanol–water partition coefficient (Wildman–Crippen LogP) is -1.77. The SMILES string of the molecule is COC(=O)[C@@H]1CNC(=O)[C@H]1N. The van der Waals surface area contributed by atoms with Crippen LogP contribution in [0.3, 0.4) is 0 Å². The molecule has 1 amide bonds. The van der Waals surface area contributed by atoms with E-state index >= 15 is 0 Å². The second kappa shape index (κ2) is 2.87. The topological polar surface area (TPSA) is 81.4 Å². The number of esters is 1. The number of ether oxygens (including phenoxy) is 1. The molecular formula is C6H10N2O3. The van der Waals surface area contributed by atoms with Gasteiger partial charge in [0.15, 0.2) is 0 Å². The van der Waals surface area contributed by atoms with Crippen molar-refractivity contribution in [3.8, 4) is 0 Å². The molecule has 2 atom stereocenters. The molecule has 0 spiro atoms. The van der Waals surface area contributed by atoms with Crippen LogP contribution in [0.5, 0.6) is 0 Å². The van der Waals surface area contributed by atoms with Gasteiger partial charge in [-0.1, -0.05) is 0 Å². The summed E-state index contributed by atoms with van der Waals surface area (Å²) in [5.74, 6) is -1.25. The summed E-state index contributed by atoms with van der Waals surface area (Å²) < 4.78 is 4.44. The molecule has 1 heterocycles. The summed E-state index contributed by atoms with van der Waals surface area (Å²) in [7, 11) is 1.28. The Labute approximate surface area is 63.9 Å². The molecule has 0 bridgehead atoms. The quantitative estimate of drug-likeness (QED) is 0.442. The first-order valence-corrected chi connectivity index (χ1v) is 3.28. The Hall–Kier alpha value is -1.10. The number of amides is 1. The molecule has 5 nitrogen and oxygen atoms in total. The van der Waals surface area contributed by atoms with Gasteiger partial charge >= 0.3 is 5.97 Å². The van der Waals surface area contributed by atoms with Crippen molar-refractivity contribution in [3.05, 3.63) is 0 Å². The van der Waals surface area contributed by atoms with Gasteiger partial charge in [0.05, 0.1) is 19.1 Å². The van der Waals surface area contributed by atoms with E-state index in [4.69, 9.17) is 5.73 Å². The normalized spacial score (nSPS) is 29.8. The van der Waals surface area contributed by atoms with Crippen LogP contribution in [0.2, 0.25) is 0 Å². The summed E-state index contributed by atoms with van der Waals surface area (Å²) in [4.78, 5) is 21.6. The van der Waals surface area contributed by atoms with Crippen molar-refractivity contribution in [1.29, 1.82) is 0 Å². The monoisotopic (exact) mass is 158 g/mol. The fourth-order valence-electron chi connectivity index (χ4n) is 1.02. The van der Waals surface area contributed by atoms with Gasteiger partial charge in [-0.15, -0.1) is 0 Å². The lowest BCUT2D eigenvalue weighted by Gasteiger charge is -2.08. The smallest absolute Gasteiger partial charge is 0.312 e. The van der Waals surface area contributed by atoms with E-state index in [0.717, 1.165) is 0 Å². The van der Waals surface area contributed by atoms with E-state index in [2.05, 4.69) is 10.1 Å². The van der Waals surface area contributed by atoms with Gasteiger partial charge < -0.3 is 15.8 Å². The Balaban J connectivity index is 2.61. The van der Waals surface area contributed by atoms with Crippen molar-refractivity contribution in [1.82, 2.24) is 5.32 Å². The molecule has 1 saturated heterocycles. The number of hydrogen-bond acceptors (Lipinski definition) is 4. The number of methoxy groups -OCH3 is 1. The molecule has 11 heavy (non-hydrogen) atoms. The van der Waals surface area contributed by atoms with E-state index in [1.807, 2.05) is 0 Å². The number of hydrogen-bond donors (Lipinski definition) is 2. The lowest BCUT2D eigenvalue weighted by molar-refractivity contribution is -0.145. The Kier molecular flexibility index (Phi) is 2.09. The number of carbonyl (C=O) groups excluding carboxylic acids is 2. The molecular weight excluding hydrogens is 148 g/mol. The van der Waals surface area contributed by atoms with E-state index in [-0.39, 0.29) is 12.5 Å². The standard InChI is InChI=1S/C6H10N2O3/c1-11-6(10)3-2-8-5(9)4(3)7/h3-4H,2,7H2,1H3,(H,8,9)/t3-,4+/m1/s1. The van der Waals surface area contributed by atoms with E-state index < -0.39 is 17.9 Å². The second-order valence-electron chi connectivity index (χ2n) is 2.40. The molecule has 0 unspecified atom stereocenters. The zero-order valence-corrected chi connectivity index (χ0v) is 6.16. The van der Waals surface area contributed by atoms with Gasteiger partial charge in [0.1, 0.15) is 0 Å². The molecule has 0 saturated carbocycles. The van der Waals surface area contributed by atoms with Crippen LogP contribution >= 0.6 is 0 Å². The average molecular weight is 158 g/mol. The summed E-state index contributed by atoms with van der Waals surface area (Å²) in [6.45, 7) is 0.284. The summed E-state index contributed by atoms with van der Waals surface area (Å²) in [5.41, 5.74) is 5.39. The van der Waals surface area contributed by atoms with Crippen molar-refractivity contribution in [3.63, 3.8) is 0 Å². The number of nitrogens with two attached hydrogens (primary N) is 1. The molecule has 0 radical (unpaired) electrons. The van der Waals surface area contributed by atoms with E-state index in [9.17, 15) is 9.59 Å². The van der Waals surface area contributed by atoms with Gasteiger partial charge in [0, 0.05) is 6.54 Å². The third kappa shape index (κ3) is 1.32. The number of nitrogens with one attached hydrogen (secondary N) is 1. The van der Waals surface area contributed by atoms with Crippen LogP contribution in [-0.4, -0.2) is 31.6 Å². The molecule has 0 aliphatic carbocycles. The molecule has 5 heteroatoms. The summed E-state index contributed by atoms with van der Waals surface area (Å²) in [6.07, 6.45) is 0. The maximum Gasteiger partial charge on any atom is 0.312 e. The molecule has 3 N–H and O–H groups in total. The van der Waals surface area contributed by atoms with Crippen molar-refractivity contribution in [2.75, 3.05) is 13.7 Å². The molecule has 1 aliphatic rings. The van der Waals surface area contributed by atoms with E-state index in [1.165, 1.54) is 7.11 Å². The minimum Gasteiger partial charge on any atom is -0.469 e. The van der Waals surface area contributed by atoms with Gasteiger partial charge in [0.25, 0.3) is 0 Å². The zero-order valence-electron chi connectivity index (χ0n) is 6.16. The number of carbonyl (C=O) groups is 2. The average Bonchev–Trinajstić information content (AvgIpc) is 2.32. The van der Waals surface area contributed by atoms with E-state index in [1.54, 1.807) is 0 Å². The Morgan fingerprint density at radius 3 is 2.82 bits per heavy atom. The van der Waals surface area contributed by atoms with Crippen LogP contribution in [0.25, 0.3) is 0 Å². The van der Waals surface area contributed by atoms with Crippen LogP contribution in [-0.2, 0) is 14.3 Å². The van der Waals surface area contributed by atoms with Gasteiger partial charge in [-0.3, -0.25) is 9.59 Å². The van der Waals surface area contributed by atoms with E-state index in [0.29, 0.717) is 0 Å². The predicted molar refractivity (Wildman–Crippen MR) is 36.5 cm³/mol. The highest BCUT2D eigenvalue weighted by atomic mass is 16.5. The molecule has 1 fully saturated rings. The minimum absolute atomic E-state index is 0.284. The van der Waals surface area contributed by atoms with Gasteiger partial charge in [-0.2, -0.15) is 0 Å². The molecule has 1 aliphatic heterocycles. The Morgan fingerprint density at radius 2 is 2.45 bits per heavy atom. The Morgan fingerprint density at radius 1 is 1.82 bits per heavy atom. The highest BCUT2D eigenvalue weighted by Gasteiger charge is 2.37. The van der Waals surface area contributed by atoms with Gasteiger partial charge in [-0.25, -0.2) is 0 Å². The second-order valence-corrected chi connectivity index (χ2v) is 2.40. The molecule has 0 aromatic heterocycles. The molecule has 62 valence electrons. The molecule has 0 aromatic rings. The maximum atomic E-state index is 10.9. The number of rotatable bonds is 1. The summed E-state index contributed by atoms with van der Waals surface area (Å²) in [5, 5.41) is 2.47. The van der Waals surface area contributed by atoms with Gasteiger partial charge in [-0.05, 0) is 0 Å². The molecule has 0 aromatic carbocycles. The summed E-state index contributed by atoms with van der Waals surface area (Å²) >= 11 is 0. The zero-order chi connectivity index (χ0) is 8.43. The van der Waals surface area contributed by atoms with Crippen molar-refractivity contribution in [2.24, 2.45) is 11.7 Å². The first-order chi connectivity index (χ1) is 5.16. The van der Waals surface area contributed by atoms with Crippen molar-refractivity contribution >= 4 is 11.9 Å². The maximum absolute atomic E-state index is 10.9. The third-order valence-corrected chi connectivity index (χ3v) is 1.74. The molecule has 1 rings (SSSR count).